The van der Waals surface area contributed by atoms with Gasteiger partial charge in [-0.25, -0.2) is 0 Å². The van der Waals surface area contributed by atoms with Gasteiger partial charge in [0.2, 0.25) is 0 Å². The van der Waals surface area contributed by atoms with Gasteiger partial charge in [-0.3, -0.25) is 0 Å². The molecule has 0 amide bonds. The van der Waals surface area contributed by atoms with Crippen molar-refractivity contribution in [1.82, 2.24) is 10.6 Å². The monoisotopic (exact) mass is 234 g/mol. The summed E-state index contributed by atoms with van der Waals surface area (Å²) in [6, 6.07) is 8.96. The molecule has 1 aliphatic heterocycles. The van der Waals surface area contributed by atoms with Gasteiger partial charge < -0.3 is 15.4 Å². The topological polar surface area (TPSA) is 33.3 Å². The molecule has 0 spiro atoms. The largest absolute Gasteiger partial charge is 0.497 e. The van der Waals surface area contributed by atoms with Crippen LogP contribution in [0.5, 0.6) is 5.75 Å². The van der Waals surface area contributed by atoms with Crippen LogP contribution in [0.1, 0.15) is 18.4 Å². The van der Waals surface area contributed by atoms with Crippen molar-refractivity contribution >= 4 is 0 Å². The van der Waals surface area contributed by atoms with Crippen LogP contribution in [0, 0.1) is 0 Å². The van der Waals surface area contributed by atoms with Gasteiger partial charge in [-0.2, -0.15) is 0 Å². The van der Waals surface area contributed by atoms with Crippen molar-refractivity contribution < 1.29 is 4.74 Å². The molecule has 0 aliphatic carbocycles. The second-order valence-corrected chi connectivity index (χ2v) is 4.60. The molecule has 2 rings (SSSR count). The highest BCUT2D eigenvalue weighted by molar-refractivity contribution is 5.28. The van der Waals surface area contributed by atoms with Crippen LogP contribution < -0.4 is 15.4 Å². The lowest BCUT2D eigenvalue weighted by molar-refractivity contribution is 0.392. The number of piperidine rings is 1. The van der Waals surface area contributed by atoms with E-state index in [9.17, 15) is 0 Å². The molecule has 3 heteroatoms. The quantitative estimate of drug-likeness (QED) is 0.811. The Bertz CT molecular complexity index is 335. The molecule has 1 unspecified atom stereocenters. The zero-order valence-corrected chi connectivity index (χ0v) is 10.5. The normalized spacial score (nSPS) is 20.2. The third kappa shape index (κ3) is 4.02. The molecule has 0 bridgehead atoms. The maximum Gasteiger partial charge on any atom is 0.119 e. The van der Waals surface area contributed by atoms with Gasteiger partial charge >= 0.3 is 0 Å². The first-order chi connectivity index (χ1) is 8.38. The number of rotatable bonds is 5. The molecule has 0 radical (unpaired) electrons. The Labute approximate surface area is 104 Å². The van der Waals surface area contributed by atoms with E-state index >= 15 is 0 Å². The summed E-state index contributed by atoms with van der Waals surface area (Å²) >= 11 is 0. The molecule has 1 saturated heterocycles. The second kappa shape index (κ2) is 6.62. The molecular formula is C14H22N2O. The number of methoxy groups -OCH3 is 1. The third-order valence-corrected chi connectivity index (χ3v) is 3.28. The lowest BCUT2D eigenvalue weighted by atomic mass is 10.1. The Morgan fingerprint density at radius 1 is 1.47 bits per heavy atom. The molecule has 3 nitrogen and oxygen atoms in total. The molecule has 0 saturated carbocycles. The summed E-state index contributed by atoms with van der Waals surface area (Å²) in [5.41, 5.74) is 1.33. The predicted octanol–water partition coefficient (Wildman–Crippen LogP) is 1.58. The third-order valence-electron chi connectivity index (χ3n) is 3.28. The highest BCUT2D eigenvalue weighted by Crippen LogP contribution is 2.12. The van der Waals surface area contributed by atoms with Crippen LogP contribution in [0.15, 0.2) is 24.3 Å². The fourth-order valence-corrected chi connectivity index (χ4v) is 2.27. The van der Waals surface area contributed by atoms with Crippen LogP contribution in [0.2, 0.25) is 0 Å². The Morgan fingerprint density at radius 3 is 3.18 bits per heavy atom. The summed E-state index contributed by atoms with van der Waals surface area (Å²) in [4.78, 5) is 0. The van der Waals surface area contributed by atoms with E-state index in [1.807, 2.05) is 6.07 Å². The summed E-state index contributed by atoms with van der Waals surface area (Å²) in [6.45, 7) is 3.33. The summed E-state index contributed by atoms with van der Waals surface area (Å²) in [5, 5.41) is 7.02. The average molecular weight is 234 g/mol. The van der Waals surface area contributed by atoms with Crippen molar-refractivity contribution in [2.24, 2.45) is 0 Å². The molecule has 2 N–H and O–H groups in total. The van der Waals surface area contributed by atoms with Gasteiger partial charge in [0.1, 0.15) is 5.75 Å². The van der Waals surface area contributed by atoms with E-state index in [-0.39, 0.29) is 0 Å². The molecule has 94 valence electrons. The van der Waals surface area contributed by atoms with E-state index in [1.54, 1.807) is 7.11 Å². The van der Waals surface area contributed by atoms with Crippen molar-refractivity contribution in [3.8, 4) is 5.75 Å². The van der Waals surface area contributed by atoms with Crippen LogP contribution in [-0.4, -0.2) is 32.8 Å². The smallest absolute Gasteiger partial charge is 0.119 e. The van der Waals surface area contributed by atoms with E-state index in [0.29, 0.717) is 6.04 Å². The van der Waals surface area contributed by atoms with E-state index in [2.05, 4.69) is 28.8 Å². The maximum atomic E-state index is 5.22. The molecule has 0 aromatic heterocycles. The van der Waals surface area contributed by atoms with Gasteiger partial charge in [0.25, 0.3) is 0 Å². The average Bonchev–Trinajstić information content (AvgIpc) is 2.40. The molecule has 17 heavy (non-hydrogen) atoms. The SMILES string of the molecule is COc1cccc(CCNC2CCCNC2)c1. The van der Waals surface area contributed by atoms with Gasteiger partial charge in [0.15, 0.2) is 0 Å². The fraction of sp³-hybridized carbons (Fsp3) is 0.571. The number of benzene rings is 1. The number of ether oxygens (including phenoxy) is 1. The molecule has 1 heterocycles. The molecule has 1 aromatic rings. The minimum absolute atomic E-state index is 0.648. The highest BCUT2D eigenvalue weighted by Gasteiger charge is 2.11. The van der Waals surface area contributed by atoms with Gasteiger partial charge in [-0.1, -0.05) is 12.1 Å². The van der Waals surface area contributed by atoms with Crippen LogP contribution in [0.3, 0.4) is 0 Å². The maximum absolute atomic E-state index is 5.22. The molecule has 1 aromatic carbocycles. The van der Waals surface area contributed by atoms with Crippen LogP contribution >= 0.6 is 0 Å². The van der Waals surface area contributed by atoms with E-state index in [1.165, 1.54) is 24.9 Å². The minimum Gasteiger partial charge on any atom is -0.497 e. The van der Waals surface area contributed by atoms with E-state index in [4.69, 9.17) is 4.74 Å². The lowest BCUT2D eigenvalue weighted by Gasteiger charge is -2.23. The first kappa shape index (κ1) is 12.4. The van der Waals surface area contributed by atoms with E-state index < -0.39 is 0 Å². The molecule has 1 aliphatic rings. The van der Waals surface area contributed by atoms with Gasteiger partial charge in [-0.15, -0.1) is 0 Å². The van der Waals surface area contributed by atoms with Crippen molar-refractivity contribution in [2.45, 2.75) is 25.3 Å². The number of nitrogens with one attached hydrogen (secondary N) is 2. The Kier molecular flexibility index (Phi) is 4.83. The highest BCUT2D eigenvalue weighted by atomic mass is 16.5. The van der Waals surface area contributed by atoms with Crippen LogP contribution in [0.25, 0.3) is 0 Å². The lowest BCUT2D eigenvalue weighted by Crippen LogP contribution is -2.43. The fourth-order valence-electron chi connectivity index (χ4n) is 2.27. The summed E-state index contributed by atoms with van der Waals surface area (Å²) in [7, 11) is 1.71. The Hall–Kier alpha value is -1.06. The van der Waals surface area contributed by atoms with Gasteiger partial charge in [0, 0.05) is 12.6 Å². The predicted molar refractivity (Wildman–Crippen MR) is 70.6 cm³/mol. The van der Waals surface area contributed by atoms with Crippen molar-refractivity contribution in [2.75, 3.05) is 26.7 Å². The van der Waals surface area contributed by atoms with Crippen LogP contribution in [-0.2, 0) is 6.42 Å². The van der Waals surface area contributed by atoms with Gasteiger partial charge in [-0.05, 0) is 50.0 Å². The Balaban J connectivity index is 1.73. The minimum atomic E-state index is 0.648. The van der Waals surface area contributed by atoms with Crippen molar-refractivity contribution in [3.63, 3.8) is 0 Å². The molecule has 1 atom stereocenters. The second-order valence-electron chi connectivity index (χ2n) is 4.60. The number of hydrogen-bond donors (Lipinski definition) is 2. The summed E-state index contributed by atoms with van der Waals surface area (Å²) < 4.78 is 5.22. The zero-order valence-electron chi connectivity index (χ0n) is 10.5. The van der Waals surface area contributed by atoms with Crippen LogP contribution in [0.4, 0.5) is 0 Å². The molecular weight excluding hydrogens is 212 g/mol. The van der Waals surface area contributed by atoms with E-state index in [0.717, 1.165) is 25.3 Å². The zero-order chi connectivity index (χ0) is 11.9. The van der Waals surface area contributed by atoms with Crippen molar-refractivity contribution in [3.05, 3.63) is 29.8 Å². The summed E-state index contributed by atoms with van der Waals surface area (Å²) in [5.74, 6) is 0.946. The van der Waals surface area contributed by atoms with Crippen molar-refractivity contribution in [1.29, 1.82) is 0 Å². The first-order valence-electron chi connectivity index (χ1n) is 6.45. The summed E-state index contributed by atoms with van der Waals surface area (Å²) in [6.07, 6.45) is 3.65. The Morgan fingerprint density at radius 2 is 2.41 bits per heavy atom. The molecule has 1 fully saturated rings. The standard InChI is InChI=1S/C14H22N2O/c1-17-14-6-2-4-12(10-14)7-9-16-13-5-3-8-15-11-13/h2,4,6,10,13,15-16H,3,5,7-9,11H2,1H3. The first-order valence-corrected chi connectivity index (χ1v) is 6.45. The van der Waals surface area contributed by atoms with Gasteiger partial charge in [0.05, 0.1) is 7.11 Å². The number of hydrogen-bond acceptors (Lipinski definition) is 3.